The minimum Gasteiger partial charge on any atom is -0.351 e. The lowest BCUT2D eigenvalue weighted by molar-refractivity contribution is -0.123. The van der Waals surface area contributed by atoms with Crippen molar-refractivity contribution in [3.63, 3.8) is 0 Å². The van der Waals surface area contributed by atoms with E-state index >= 15 is 0 Å². The molecule has 3 N–H and O–H groups in total. The van der Waals surface area contributed by atoms with Crippen LogP contribution in [0.1, 0.15) is 32.6 Å². The maximum atomic E-state index is 11.9. The first kappa shape index (κ1) is 14.2. The molecule has 1 aliphatic heterocycles. The molecular formula is C13H25N3OS. The van der Waals surface area contributed by atoms with Crippen LogP contribution in [0.5, 0.6) is 0 Å². The Labute approximate surface area is 114 Å². The summed E-state index contributed by atoms with van der Waals surface area (Å²) >= 11 is 1.73. The zero-order valence-corrected chi connectivity index (χ0v) is 12.2. The number of hydrogen-bond donors (Lipinski definition) is 2. The van der Waals surface area contributed by atoms with Gasteiger partial charge >= 0.3 is 0 Å². The van der Waals surface area contributed by atoms with E-state index in [9.17, 15) is 4.79 Å². The van der Waals surface area contributed by atoms with Gasteiger partial charge in [0.05, 0.1) is 6.04 Å². The highest BCUT2D eigenvalue weighted by atomic mass is 32.2. The number of likely N-dealkylation sites (tertiary alicyclic amines) is 1. The van der Waals surface area contributed by atoms with E-state index in [2.05, 4.69) is 17.1 Å². The lowest BCUT2D eigenvalue weighted by Crippen LogP contribution is -2.46. The number of nitrogens with one attached hydrogen (secondary N) is 1. The van der Waals surface area contributed by atoms with Gasteiger partial charge in [-0.1, -0.05) is 0 Å². The van der Waals surface area contributed by atoms with Gasteiger partial charge in [-0.2, -0.15) is 11.8 Å². The first-order valence-electron chi connectivity index (χ1n) is 6.92. The van der Waals surface area contributed by atoms with Crippen LogP contribution in [0.15, 0.2) is 0 Å². The van der Waals surface area contributed by atoms with E-state index in [4.69, 9.17) is 5.73 Å². The molecule has 18 heavy (non-hydrogen) atoms. The van der Waals surface area contributed by atoms with Crippen LogP contribution in [-0.4, -0.2) is 53.5 Å². The molecule has 0 aromatic heterocycles. The molecule has 0 aromatic rings. The number of carbonyl (C=O) groups is 1. The highest BCUT2D eigenvalue weighted by Crippen LogP contribution is 2.33. The molecule has 1 amide bonds. The van der Waals surface area contributed by atoms with Gasteiger partial charge in [0.2, 0.25) is 5.91 Å². The van der Waals surface area contributed by atoms with Crippen LogP contribution >= 0.6 is 11.8 Å². The molecule has 0 spiro atoms. The molecule has 104 valence electrons. The number of rotatable bonds is 6. The molecule has 2 fully saturated rings. The van der Waals surface area contributed by atoms with Gasteiger partial charge in [-0.25, -0.2) is 0 Å². The third-order valence-electron chi connectivity index (χ3n) is 3.96. The SMILES string of the molecule is CSCC[C@H](N)C(=O)NC1CC(C)N(C2CC2)C1. The molecule has 4 nitrogen and oxygen atoms in total. The fraction of sp³-hybridized carbons (Fsp3) is 0.923. The van der Waals surface area contributed by atoms with Gasteiger partial charge in [-0.05, 0) is 44.6 Å². The molecule has 1 saturated heterocycles. The van der Waals surface area contributed by atoms with Crippen LogP contribution in [0, 0.1) is 0 Å². The Balaban J connectivity index is 1.74. The summed E-state index contributed by atoms with van der Waals surface area (Å²) in [6.07, 6.45) is 6.53. The van der Waals surface area contributed by atoms with Crippen LogP contribution in [-0.2, 0) is 4.79 Å². The number of thioether (sulfide) groups is 1. The molecular weight excluding hydrogens is 246 g/mol. The van der Waals surface area contributed by atoms with Gasteiger partial charge < -0.3 is 11.1 Å². The number of nitrogens with two attached hydrogens (primary N) is 1. The minimum absolute atomic E-state index is 0.0268. The summed E-state index contributed by atoms with van der Waals surface area (Å²) in [5, 5.41) is 3.12. The van der Waals surface area contributed by atoms with E-state index in [0.717, 1.165) is 31.2 Å². The summed E-state index contributed by atoms with van der Waals surface area (Å²) < 4.78 is 0. The molecule has 1 heterocycles. The average molecular weight is 271 g/mol. The molecule has 5 heteroatoms. The van der Waals surface area contributed by atoms with Crippen molar-refractivity contribution in [2.75, 3.05) is 18.6 Å². The predicted molar refractivity (Wildman–Crippen MR) is 76.7 cm³/mol. The Morgan fingerprint density at radius 2 is 2.28 bits per heavy atom. The Kier molecular flexibility index (Phi) is 4.92. The maximum Gasteiger partial charge on any atom is 0.237 e. The van der Waals surface area contributed by atoms with Crippen molar-refractivity contribution in [3.8, 4) is 0 Å². The standard InChI is InChI=1S/C13H25N3OS/c1-9-7-10(8-16(9)11-3-4-11)15-13(17)12(14)5-6-18-2/h9-12H,3-8,14H2,1-2H3,(H,15,17)/t9?,10?,12-/m0/s1. The summed E-state index contributed by atoms with van der Waals surface area (Å²) in [6, 6.07) is 1.34. The third kappa shape index (κ3) is 3.62. The molecule has 1 aliphatic carbocycles. The fourth-order valence-electron chi connectivity index (χ4n) is 2.76. The Hall–Kier alpha value is -0.260. The van der Waals surface area contributed by atoms with Crippen molar-refractivity contribution >= 4 is 17.7 Å². The number of nitrogens with zero attached hydrogens (tertiary/aromatic N) is 1. The maximum absolute atomic E-state index is 11.9. The molecule has 0 aromatic carbocycles. The van der Waals surface area contributed by atoms with E-state index in [-0.39, 0.29) is 11.9 Å². The lowest BCUT2D eigenvalue weighted by Gasteiger charge is -2.20. The van der Waals surface area contributed by atoms with Crippen molar-refractivity contribution in [3.05, 3.63) is 0 Å². The van der Waals surface area contributed by atoms with E-state index < -0.39 is 0 Å². The van der Waals surface area contributed by atoms with E-state index in [1.165, 1.54) is 12.8 Å². The summed E-state index contributed by atoms with van der Waals surface area (Å²) in [7, 11) is 0. The van der Waals surface area contributed by atoms with Crippen LogP contribution in [0.3, 0.4) is 0 Å². The monoisotopic (exact) mass is 271 g/mol. The highest BCUT2D eigenvalue weighted by molar-refractivity contribution is 7.98. The highest BCUT2D eigenvalue weighted by Gasteiger charge is 2.39. The largest absolute Gasteiger partial charge is 0.351 e. The van der Waals surface area contributed by atoms with Gasteiger partial charge in [0.1, 0.15) is 0 Å². The summed E-state index contributed by atoms with van der Waals surface area (Å²) in [6.45, 7) is 3.27. The topological polar surface area (TPSA) is 58.4 Å². The quantitative estimate of drug-likeness (QED) is 0.750. The van der Waals surface area contributed by atoms with E-state index in [1.807, 2.05) is 6.26 Å². The Bertz CT molecular complexity index is 296. The molecule has 3 atom stereocenters. The van der Waals surface area contributed by atoms with Crippen molar-refractivity contribution < 1.29 is 4.79 Å². The Morgan fingerprint density at radius 3 is 2.89 bits per heavy atom. The van der Waals surface area contributed by atoms with E-state index in [1.54, 1.807) is 11.8 Å². The van der Waals surface area contributed by atoms with Gasteiger partial charge in [-0.3, -0.25) is 9.69 Å². The zero-order valence-electron chi connectivity index (χ0n) is 11.4. The van der Waals surface area contributed by atoms with Crippen LogP contribution < -0.4 is 11.1 Å². The fourth-order valence-corrected chi connectivity index (χ4v) is 3.25. The van der Waals surface area contributed by atoms with Crippen molar-refractivity contribution in [2.45, 2.75) is 56.8 Å². The molecule has 2 unspecified atom stereocenters. The summed E-state index contributed by atoms with van der Waals surface area (Å²) in [5.41, 5.74) is 5.88. The second-order valence-electron chi connectivity index (χ2n) is 5.61. The average Bonchev–Trinajstić information content (AvgIpc) is 3.11. The normalized spacial score (nSPS) is 30.4. The van der Waals surface area contributed by atoms with Crippen LogP contribution in [0.4, 0.5) is 0 Å². The first-order chi connectivity index (χ1) is 8.61. The summed E-state index contributed by atoms with van der Waals surface area (Å²) in [5.74, 6) is 0.975. The van der Waals surface area contributed by atoms with Gasteiger partial charge in [0.25, 0.3) is 0 Å². The van der Waals surface area contributed by atoms with Crippen molar-refractivity contribution in [1.29, 1.82) is 0 Å². The van der Waals surface area contributed by atoms with Gasteiger partial charge in [0.15, 0.2) is 0 Å². The molecule has 1 saturated carbocycles. The van der Waals surface area contributed by atoms with Gasteiger partial charge in [-0.15, -0.1) is 0 Å². The number of carbonyl (C=O) groups excluding carboxylic acids is 1. The lowest BCUT2D eigenvalue weighted by atomic mass is 10.1. The minimum atomic E-state index is -0.345. The Morgan fingerprint density at radius 1 is 1.56 bits per heavy atom. The second kappa shape index (κ2) is 6.26. The molecule has 2 aliphatic rings. The molecule has 0 radical (unpaired) electrons. The smallest absolute Gasteiger partial charge is 0.237 e. The molecule has 2 rings (SSSR count). The van der Waals surface area contributed by atoms with Crippen molar-refractivity contribution in [2.24, 2.45) is 5.73 Å². The predicted octanol–water partition coefficient (Wildman–Crippen LogP) is 0.808. The second-order valence-corrected chi connectivity index (χ2v) is 6.59. The summed E-state index contributed by atoms with van der Waals surface area (Å²) in [4.78, 5) is 14.5. The van der Waals surface area contributed by atoms with E-state index in [0.29, 0.717) is 12.1 Å². The first-order valence-corrected chi connectivity index (χ1v) is 8.32. The van der Waals surface area contributed by atoms with Crippen LogP contribution in [0.25, 0.3) is 0 Å². The third-order valence-corrected chi connectivity index (χ3v) is 4.60. The van der Waals surface area contributed by atoms with Crippen molar-refractivity contribution in [1.82, 2.24) is 10.2 Å². The number of hydrogen-bond acceptors (Lipinski definition) is 4. The zero-order chi connectivity index (χ0) is 13.1. The number of amides is 1. The molecule has 0 bridgehead atoms. The van der Waals surface area contributed by atoms with Crippen LogP contribution in [0.2, 0.25) is 0 Å². The van der Waals surface area contributed by atoms with Gasteiger partial charge in [0, 0.05) is 24.7 Å².